The third-order valence-electron chi connectivity index (χ3n) is 0. The Kier molecular flexibility index (Phi) is 73.6. The van der Waals surface area contributed by atoms with Gasteiger partial charge in [0.05, 0.1) is 0 Å². The van der Waals surface area contributed by atoms with E-state index in [-0.39, 0.29) is 6.67 Å². The van der Waals surface area contributed by atoms with Gasteiger partial charge < -0.3 is 16.6 Å². The third kappa shape index (κ3) is 952. The molecule has 0 aromatic rings. The molecule has 0 aromatic carbocycles. The lowest BCUT2D eigenvalue weighted by atomic mass is 11.3. The molecular formula is C2H10N2O. The van der Waals surface area contributed by atoms with Crippen LogP contribution in [0.3, 0.4) is 0 Å². The molecule has 0 heterocycles. The summed E-state index contributed by atoms with van der Waals surface area (Å²) >= 11 is 0. The Bertz CT molecular complexity index is 7.61. The van der Waals surface area contributed by atoms with Gasteiger partial charge in [-0.25, -0.2) is 0 Å². The maximum absolute atomic E-state index is 7.00. The molecule has 0 aliphatic carbocycles. The zero-order chi connectivity index (χ0) is 4.71. The Morgan fingerprint density at radius 2 is 1.40 bits per heavy atom. The van der Waals surface area contributed by atoms with Crippen molar-refractivity contribution in [1.29, 1.82) is 0 Å². The summed E-state index contributed by atoms with van der Waals surface area (Å²) in [5, 5.41) is 7.00. The van der Waals surface area contributed by atoms with Gasteiger partial charge in [0.25, 0.3) is 0 Å². The Hall–Kier alpha value is -0.120. The van der Waals surface area contributed by atoms with Crippen molar-refractivity contribution < 1.29 is 5.11 Å². The molecule has 5 N–H and O–H groups in total. The fourth-order valence-corrected chi connectivity index (χ4v) is 0. The van der Waals surface area contributed by atoms with Gasteiger partial charge >= 0.3 is 0 Å². The van der Waals surface area contributed by atoms with Crippen molar-refractivity contribution in [3.63, 3.8) is 0 Å². The number of hydrogen-bond acceptors (Lipinski definition) is 3. The number of aliphatic hydroxyl groups is 1. The smallest absolute Gasteiger partial charge is 0.0403 e. The predicted octanol–water partition coefficient (Wildman–Crippen LogP) is -1.53. The summed E-state index contributed by atoms with van der Waals surface area (Å²) in [6.07, 6.45) is 0. The number of rotatable bonds is 0. The molecule has 0 amide bonds. The van der Waals surface area contributed by atoms with Crippen LogP contribution >= 0.6 is 0 Å². The molecule has 0 radical (unpaired) electrons. The summed E-state index contributed by atoms with van der Waals surface area (Å²) in [5.74, 6) is 0. The molecule has 5 heavy (non-hydrogen) atoms. The maximum Gasteiger partial charge on any atom is 0.0403 e. The standard InChI is InChI=1S/CH6N2.CH4O/c2-1-3;1-2/h1-3H2;2H,1H3. The van der Waals surface area contributed by atoms with Gasteiger partial charge in [0.15, 0.2) is 0 Å². The van der Waals surface area contributed by atoms with E-state index >= 15 is 0 Å². The van der Waals surface area contributed by atoms with Gasteiger partial charge in [-0.1, -0.05) is 0 Å². The van der Waals surface area contributed by atoms with E-state index in [1.807, 2.05) is 0 Å². The summed E-state index contributed by atoms with van der Waals surface area (Å²) in [4.78, 5) is 0. The van der Waals surface area contributed by atoms with E-state index in [9.17, 15) is 0 Å². The van der Waals surface area contributed by atoms with Crippen LogP contribution in [-0.4, -0.2) is 18.9 Å². The SMILES string of the molecule is CO.NCN. The van der Waals surface area contributed by atoms with Crippen LogP contribution in [0.2, 0.25) is 0 Å². The van der Waals surface area contributed by atoms with Crippen LogP contribution in [0.1, 0.15) is 0 Å². The number of hydrogen-bond donors (Lipinski definition) is 3. The highest BCUT2D eigenvalue weighted by atomic mass is 16.2. The minimum absolute atomic E-state index is 0.250. The molecule has 0 aliphatic heterocycles. The summed E-state index contributed by atoms with van der Waals surface area (Å²) in [7, 11) is 1.00. The van der Waals surface area contributed by atoms with E-state index in [0.29, 0.717) is 0 Å². The van der Waals surface area contributed by atoms with Crippen molar-refractivity contribution in [3.05, 3.63) is 0 Å². The van der Waals surface area contributed by atoms with Gasteiger partial charge in [-0.3, -0.25) is 0 Å². The maximum atomic E-state index is 7.00. The van der Waals surface area contributed by atoms with E-state index in [2.05, 4.69) is 11.5 Å². The lowest BCUT2D eigenvalue weighted by Gasteiger charge is -1.56. The summed E-state index contributed by atoms with van der Waals surface area (Å²) < 4.78 is 0. The van der Waals surface area contributed by atoms with Crippen LogP contribution in [0.4, 0.5) is 0 Å². The van der Waals surface area contributed by atoms with Crippen LogP contribution in [0, 0.1) is 0 Å². The molecular weight excluding hydrogens is 68.0 g/mol. The molecule has 0 atom stereocenters. The van der Waals surface area contributed by atoms with Crippen LogP contribution in [0.5, 0.6) is 0 Å². The molecule has 0 saturated heterocycles. The molecule has 0 aliphatic rings. The molecule has 0 unspecified atom stereocenters. The topological polar surface area (TPSA) is 72.3 Å². The summed E-state index contributed by atoms with van der Waals surface area (Å²) in [6.45, 7) is 0.250. The first-order valence-electron chi connectivity index (χ1n) is 1.26. The Balaban J connectivity index is 0. The fourth-order valence-electron chi connectivity index (χ4n) is 0. The molecule has 0 bridgehead atoms. The Morgan fingerprint density at radius 1 is 1.40 bits per heavy atom. The van der Waals surface area contributed by atoms with Crippen LogP contribution in [0.15, 0.2) is 0 Å². The molecule has 3 nitrogen and oxygen atoms in total. The van der Waals surface area contributed by atoms with Crippen molar-refractivity contribution in [1.82, 2.24) is 0 Å². The van der Waals surface area contributed by atoms with E-state index in [1.54, 1.807) is 0 Å². The lowest BCUT2D eigenvalue weighted by molar-refractivity contribution is 0.399. The molecule has 0 spiro atoms. The van der Waals surface area contributed by atoms with Crippen molar-refractivity contribution in [2.45, 2.75) is 0 Å². The van der Waals surface area contributed by atoms with E-state index in [0.717, 1.165) is 7.11 Å². The highest BCUT2D eigenvalue weighted by Crippen LogP contribution is 0.861. The summed E-state index contributed by atoms with van der Waals surface area (Å²) in [5.41, 5.74) is 9.25. The van der Waals surface area contributed by atoms with Crippen molar-refractivity contribution in [2.24, 2.45) is 11.5 Å². The van der Waals surface area contributed by atoms with Crippen molar-refractivity contribution in [2.75, 3.05) is 13.8 Å². The monoisotopic (exact) mass is 78.1 g/mol. The van der Waals surface area contributed by atoms with E-state index in [4.69, 9.17) is 5.11 Å². The number of aliphatic hydroxyl groups excluding tert-OH is 1. The molecule has 0 fully saturated rings. The van der Waals surface area contributed by atoms with Crippen LogP contribution in [-0.2, 0) is 0 Å². The molecule has 0 saturated carbocycles. The Labute approximate surface area is 31.6 Å². The van der Waals surface area contributed by atoms with Crippen molar-refractivity contribution in [3.8, 4) is 0 Å². The van der Waals surface area contributed by atoms with Crippen LogP contribution in [0.25, 0.3) is 0 Å². The van der Waals surface area contributed by atoms with Gasteiger partial charge in [0.1, 0.15) is 0 Å². The third-order valence-corrected chi connectivity index (χ3v) is 0. The van der Waals surface area contributed by atoms with Gasteiger partial charge in [0.2, 0.25) is 0 Å². The van der Waals surface area contributed by atoms with Gasteiger partial charge in [-0.15, -0.1) is 0 Å². The Morgan fingerprint density at radius 3 is 1.40 bits per heavy atom. The highest BCUT2D eigenvalue weighted by molar-refractivity contribution is 3.94. The second-order valence-electron chi connectivity index (χ2n) is 0.236. The quantitative estimate of drug-likeness (QED) is 0.308. The second kappa shape index (κ2) is 41.6. The number of nitrogens with two attached hydrogens (primary N) is 2. The highest BCUT2D eigenvalue weighted by Gasteiger charge is 1.29. The van der Waals surface area contributed by atoms with Crippen molar-refractivity contribution >= 4 is 0 Å². The molecule has 3 heteroatoms. The van der Waals surface area contributed by atoms with Gasteiger partial charge in [-0.2, -0.15) is 0 Å². The first kappa shape index (κ1) is 8.86. The molecule has 0 rings (SSSR count). The van der Waals surface area contributed by atoms with E-state index in [1.165, 1.54) is 0 Å². The van der Waals surface area contributed by atoms with Gasteiger partial charge in [-0.05, 0) is 0 Å². The first-order chi connectivity index (χ1) is 2.41. The second-order valence-corrected chi connectivity index (χ2v) is 0.236. The molecule has 34 valence electrons. The van der Waals surface area contributed by atoms with E-state index < -0.39 is 0 Å². The normalized spacial score (nSPS) is 4.80. The predicted molar refractivity (Wildman–Crippen MR) is 21.4 cm³/mol. The summed E-state index contributed by atoms with van der Waals surface area (Å²) in [6, 6.07) is 0. The van der Waals surface area contributed by atoms with Crippen LogP contribution < -0.4 is 11.5 Å². The lowest BCUT2D eigenvalue weighted by Crippen LogP contribution is -2.08. The van der Waals surface area contributed by atoms with Gasteiger partial charge in [0, 0.05) is 13.8 Å². The fraction of sp³-hybridized carbons (Fsp3) is 1.00. The average Bonchev–Trinajstić information content (AvgIpc) is 1.46. The average molecular weight is 78.1 g/mol. The minimum Gasteiger partial charge on any atom is -0.400 e. The first-order valence-corrected chi connectivity index (χ1v) is 1.26. The zero-order valence-corrected chi connectivity index (χ0v) is 3.31. The minimum atomic E-state index is 0.250. The molecule has 0 aromatic heterocycles. The largest absolute Gasteiger partial charge is 0.400 e. The zero-order valence-electron chi connectivity index (χ0n) is 3.31.